The highest BCUT2D eigenvalue weighted by Gasteiger charge is 2.34. The molecule has 1 atom stereocenters. The zero-order valence-corrected chi connectivity index (χ0v) is 19.8. The maximum absolute atomic E-state index is 13.0. The Balaban J connectivity index is 1.60. The quantitative estimate of drug-likeness (QED) is 0.471. The van der Waals surface area contributed by atoms with Crippen LogP contribution in [0.1, 0.15) is 30.5 Å². The maximum atomic E-state index is 13.0. The lowest BCUT2D eigenvalue weighted by Crippen LogP contribution is -2.48. The van der Waals surface area contributed by atoms with Gasteiger partial charge in [0.1, 0.15) is 0 Å². The molecule has 2 aliphatic heterocycles. The molecule has 33 heavy (non-hydrogen) atoms. The number of nitrogens with one attached hydrogen (secondary N) is 2. The van der Waals surface area contributed by atoms with Crippen LogP contribution in [0.25, 0.3) is 5.57 Å². The third kappa shape index (κ3) is 5.49. The Kier molecular flexibility index (Phi) is 7.52. The molecule has 0 aliphatic carbocycles. The highest BCUT2D eigenvalue weighted by atomic mass is 32.2. The third-order valence-corrected chi connectivity index (χ3v) is 6.66. The Morgan fingerprint density at radius 1 is 1.15 bits per heavy atom. The number of carbonyl (C=O) groups is 2. The van der Waals surface area contributed by atoms with Gasteiger partial charge in [-0.2, -0.15) is 0 Å². The van der Waals surface area contributed by atoms with E-state index in [-0.39, 0.29) is 12.6 Å². The van der Waals surface area contributed by atoms with Gasteiger partial charge in [0.05, 0.1) is 18.2 Å². The molecule has 0 fully saturated rings. The van der Waals surface area contributed by atoms with Crippen molar-refractivity contribution in [1.82, 2.24) is 15.5 Å². The number of thioether (sulfide) groups is 1. The minimum absolute atomic E-state index is 0.272. The predicted molar refractivity (Wildman–Crippen MR) is 132 cm³/mol. The molecule has 2 amide bonds. The molecular weight excluding hydrogens is 434 g/mol. The van der Waals surface area contributed by atoms with Crippen LogP contribution in [0.3, 0.4) is 0 Å². The van der Waals surface area contributed by atoms with E-state index in [0.717, 1.165) is 30.0 Å². The molecule has 0 spiro atoms. The van der Waals surface area contributed by atoms with Crippen molar-refractivity contribution in [1.29, 1.82) is 0 Å². The number of amides is 2. The van der Waals surface area contributed by atoms with Gasteiger partial charge in [0.25, 0.3) is 0 Å². The van der Waals surface area contributed by atoms with E-state index in [1.54, 1.807) is 18.7 Å². The summed E-state index contributed by atoms with van der Waals surface area (Å²) >= 11 is 1.65. The lowest BCUT2D eigenvalue weighted by molar-refractivity contribution is -0.139. The number of benzene rings is 2. The number of esters is 1. The molecule has 0 radical (unpaired) electrons. The van der Waals surface area contributed by atoms with Gasteiger partial charge in [-0.15, -0.1) is 11.8 Å². The molecule has 0 bridgehead atoms. The van der Waals surface area contributed by atoms with E-state index in [2.05, 4.69) is 45.9 Å². The predicted octanol–water partition coefficient (Wildman–Crippen LogP) is 4.37. The van der Waals surface area contributed by atoms with Gasteiger partial charge in [-0.1, -0.05) is 48.5 Å². The van der Waals surface area contributed by atoms with Gasteiger partial charge in [0.2, 0.25) is 0 Å². The van der Waals surface area contributed by atoms with E-state index < -0.39 is 12.0 Å². The molecule has 2 aromatic carbocycles. The van der Waals surface area contributed by atoms with Crippen molar-refractivity contribution in [3.63, 3.8) is 0 Å². The first-order valence-electron chi connectivity index (χ1n) is 11.2. The van der Waals surface area contributed by atoms with Gasteiger partial charge in [0, 0.05) is 30.2 Å². The van der Waals surface area contributed by atoms with E-state index >= 15 is 0 Å². The molecule has 172 valence electrons. The summed E-state index contributed by atoms with van der Waals surface area (Å²) in [5.74, 6) is -0.406. The van der Waals surface area contributed by atoms with Gasteiger partial charge in [0.15, 0.2) is 0 Å². The highest BCUT2D eigenvalue weighted by molar-refractivity contribution is 7.98. The molecular formula is C26H29N3O3S. The Morgan fingerprint density at radius 2 is 1.91 bits per heavy atom. The summed E-state index contributed by atoms with van der Waals surface area (Å²) in [5, 5.41) is 5.79. The van der Waals surface area contributed by atoms with Gasteiger partial charge in [-0.25, -0.2) is 9.59 Å². The van der Waals surface area contributed by atoms with Gasteiger partial charge in [-0.05, 0) is 48.4 Å². The Bertz CT molecular complexity index is 1060. The van der Waals surface area contributed by atoms with Crippen LogP contribution >= 0.6 is 11.8 Å². The summed E-state index contributed by atoms with van der Waals surface area (Å²) in [6.07, 6.45) is 5.16. The van der Waals surface area contributed by atoms with Crippen molar-refractivity contribution in [2.24, 2.45) is 0 Å². The number of nitrogens with zero attached hydrogens (tertiary/aromatic N) is 1. The minimum Gasteiger partial charge on any atom is -0.463 e. The van der Waals surface area contributed by atoms with E-state index in [4.69, 9.17) is 4.74 Å². The number of hydrogen-bond donors (Lipinski definition) is 2. The summed E-state index contributed by atoms with van der Waals surface area (Å²) in [5.41, 5.74) is 4.49. The second-order valence-electron chi connectivity index (χ2n) is 8.00. The fourth-order valence-electron chi connectivity index (χ4n) is 4.23. The van der Waals surface area contributed by atoms with Crippen LogP contribution < -0.4 is 10.6 Å². The number of rotatable bonds is 7. The zero-order valence-electron chi connectivity index (χ0n) is 19.0. The van der Waals surface area contributed by atoms with Crippen LogP contribution in [-0.2, 0) is 9.53 Å². The van der Waals surface area contributed by atoms with Gasteiger partial charge < -0.3 is 15.4 Å². The minimum atomic E-state index is -0.552. The van der Waals surface area contributed by atoms with Crippen LogP contribution in [0.5, 0.6) is 0 Å². The first-order chi connectivity index (χ1) is 16.1. The summed E-state index contributed by atoms with van der Waals surface area (Å²) in [6, 6.07) is 17.4. The van der Waals surface area contributed by atoms with Crippen molar-refractivity contribution in [2.75, 3.05) is 32.5 Å². The first-order valence-corrected chi connectivity index (χ1v) is 12.4. The molecule has 2 aromatic rings. The topological polar surface area (TPSA) is 70.7 Å². The van der Waals surface area contributed by atoms with Gasteiger partial charge >= 0.3 is 12.0 Å². The first kappa shape index (κ1) is 23.1. The van der Waals surface area contributed by atoms with Crippen LogP contribution in [0.15, 0.2) is 76.8 Å². The number of carbonyl (C=O) groups excluding carboxylic acids is 2. The van der Waals surface area contributed by atoms with E-state index in [0.29, 0.717) is 17.8 Å². The summed E-state index contributed by atoms with van der Waals surface area (Å²) in [7, 11) is 0. The second-order valence-corrected chi connectivity index (χ2v) is 8.88. The molecule has 2 N–H and O–H groups in total. The third-order valence-electron chi connectivity index (χ3n) is 5.92. The Labute approximate surface area is 199 Å². The number of urea groups is 1. The van der Waals surface area contributed by atoms with Crippen LogP contribution in [0.2, 0.25) is 0 Å². The molecule has 0 saturated heterocycles. The molecule has 4 rings (SSSR count). The normalized spacial score (nSPS) is 18.9. The van der Waals surface area contributed by atoms with E-state index in [9.17, 15) is 9.59 Å². The average Bonchev–Trinajstić information content (AvgIpc) is 2.85. The van der Waals surface area contributed by atoms with Crippen molar-refractivity contribution in [2.45, 2.75) is 24.3 Å². The second kappa shape index (κ2) is 10.7. The van der Waals surface area contributed by atoms with Crippen molar-refractivity contribution in [3.8, 4) is 0 Å². The van der Waals surface area contributed by atoms with Crippen LogP contribution in [0, 0.1) is 0 Å². The van der Waals surface area contributed by atoms with E-state index in [1.807, 2.05) is 36.6 Å². The summed E-state index contributed by atoms with van der Waals surface area (Å²) < 4.78 is 5.38. The number of ether oxygens (including phenoxy) is 1. The molecule has 0 aromatic heterocycles. The molecule has 2 heterocycles. The van der Waals surface area contributed by atoms with Crippen LogP contribution in [0.4, 0.5) is 4.79 Å². The van der Waals surface area contributed by atoms with Crippen molar-refractivity contribution < 1.29 is 14.3 Å². The summed E-state index contributed by atoms with van der Waals surface area (Å²) in [4.78, 5) is 28.9. The van der Waals surface area contributed by atoms with Crippen molar-refractivity contribution in [3.05, 3.63) is 83.1 Å². The van der Waals surface area contributed by atoms with Crippen LogP contribution in [-0.4, -0.2) is 49.4 Å². The standard InChI is InChI=1S/C26H29N3O3S/c1-3-32-25(30)23-22(17-29-15-13-19(14-16-29)18-7-5-4-6-8-18)27-26(31)28-24(23)20-9-11-21(33-2)12-10-20/h4-13,24H,3,14-17H2,1-2H3,(H2,27,28,31). The molecule has 1 unspecified atom stereocenters. The number of hydrogen-bond acceptors (Lipinski definition) is 5. The largest absolute Gasteiger partial charge is 0.463 e. The lowest BCUT2D eigenvalue weighted by Gasteiger charge is -2.33. The Hall–Kier alpha value is -3.03. The SMILES string of the molecule is CCOC(=O)C1=C(CN2CC=C(c3ccccc3)CC2)NC(=O)NC1c1ccc(SC)cc1. The molecule has 6 nitrogen and oxygen atoms in total. The van der Waals surface area contributed by atoms with Crippen molar-refractivity contribution >= 4 is 29.3 Å². The smallest absolute Gasteiger partial charge is 0.338 e. The van der Waals surface area contributed by atoms with Gasteiger partial charge in [-0.3, -0.25) is 4.90 Å². The molecule has 0 saturated carbocycles. The Morgan fingerprint density at radius 3 is 2.55 bits per heavy atom. The average molecular weight is 464 g/mol. The molecule has 7 heteroatoms. The fourth-order valence-corrected chi connectivity index (χ4v) is 4.64. The monoisotopic (exact) mass is 463 g/mol. The highest BCUT2D eigenvalue weighted by Crippen LogP contribution is 2.30. The fraction of sp³-hybridized carbons (Fsp3) is 0.308. The maximum Gasteiger partial charge on any atom is 0.338 e. The summed E-state index contributed by atoms with van der Waals surface area (Å²) in [6.45, 7) is 4.13. The molecule has 2 aliphatic rings. The lowest BCUT2D eigenvalue weighted by atomic mass is 9.94. The zero-order chi connectivity index (χ0) is 23.2. The van der Waals surface area contributed by atoms with E-state index in [1.165, 1.54) is 11.1 Å².